The topological polar surface area (TPSA) is 24.5 Å². The molecular formula is C18H28N2O. The SMILES string of the molecule is C=CCCOCCNC1CCCN(Cc2ccccc2)C1. The quantitative estimate of drug-likeness (QED) is 0.558. The van der Waals surface area contributed by atoms with E-state index in [1.807, 2.05) is 6.08 Å². The van der Waals surface area contributed by atoms with Crippen molar-refractivity contribution in [2.75, 3.05) is 32.8 Å². The second-order valence-electron chi connectivity index (χ2n) is 5.70. The molecular weight excluding hydrogens is 260 g/mol. The summed E-state index contributed by atoms with van der Waals surface area (Å²) in [6, 6.07) is 11.3. The summed E-state index contributed by atoms with van der Waals surface area (Å²) in [6.07, 6.45) is 5.39. The minimum atomic E-state index is 0.602. The molecule has 0 aromatic heterocycles. The average Bonchev–Trinajstić information content (AvgIpc) is 2.52. The minimum Gasteiger partial charge on any atom is -0.380 e. The van der Waals surface area contributed by atoms with Crippen LogP contribution in [0, 0.1) is 0 Å². The summed E-state index contributed by atoms with van der Waals surface area (Å²) in [5.74, 6) is 0. The normalized spacial score (nSPS) is 19.5. The van der Waals surface area contributed by atoms with E-state index >= 15 is 0 Å². The smallest absolute Gasteiger partial charge is 0.0591 e. The predicted molar refractivity (Wildman–Crippen MR) is 88.4 cm³/mol. The van der Waals surface area contributed by atoms with Crippen LogP contribution in [0.5, 0.6) is 0 Å². The Morgan fingerprint density at radius 1 is 1.29 bits per heavy atom. The van der Waals surface area contributed by atoms with E-state index in [4.69, 9.17) is 4.74 Å². The summed E-state index contributed by atoms with van der Waals surface area (Å²) in [5.41, 5.74) is 1.41. The van der Waals surface area contributed by atoms with Gasteiger partial charge < -0.3 is 10.1 Å². The van der Waals surface area contributed by atoms with Crippen LogP contribution in [0.3, 0.4) is 0 Å². The lowest BCUT2D eigenvalue weighted by Gasteiger charge is -2.33. The van der Waals surface area contributed by atoms with Crippen LogP contribution in [0.25, 0.3) is 0 Å². The number of likely N-dealkylation sites (tertiary alicyclic amines) is 1. The van der Waals surface area contributed by atoms with Crippen molar-refractivity contribution >= 4 is 0 Å². The van der Waals surface area contributed by atoms with Crippen molar-refractivity contribution in [3.63, 3.8) is 0 Å². The Kier molecular flexibility index (Phi) is 7.50. The van der Waals surface area contributed by atoms with Gasteiger partial charge in [-0.15, -0.1) is 6.58 Å². The first-order valence-electron chi connectivity index (χ1n) is 8.07. The summed E-state index contributed by atoms with van der Waals surface area (Å²) >= 11 is 0. The van der Waals surface area contributed by atoms with Crippen LogP contribution in [-0.2, 0) is 11.3 Å². The summed E-state index contributed by atoms with van der Waals surface area (Å²) in [6.45, 7) is 9.64. The number of nitrogens with one attached hydrogen (secondary N) is 1. The Labute approximate surface area is 129 Å². The average molecular weight is 288 g/mol. The first kappa shape index (κ1) is 16.2. The molecule has 1 aliphatic heterocycles. The Balaban J connectivity index is 1.63. The second kappa shape index (κ2) is 9.72. The molecule has 1 N–H and O–H groups in total. The maximum Gasteiger partial charge on any atom is 0.0591 e. The summed E-state index contributed by atoms with van der Waals surface area (Å²) in [7, 11) is 0. The molecule has 0 aliphatic carbocycles. The number of ether oxygens (including phenoxy) is 1. The van der Waals surface area contributed by atoms with Gasteiger partial charge in [0.05, 0.1) is 13.2 Å². The van der Waals surface area contributed by atoms with E-state index in [1.165, 1.54) is 24.9 Å². The number of piperidine rings is 1. The number of benzene rings is 1. The molecule has 0 spiro atoms. The van der Waals surface area contributed by atoms with Gasteiger partial charge in [-0.25, -0.2) is 0 Å². The lowest BCUT2D eigenvalue weighted by molar-refractivity contribution is 0.128. The lowest BCUT2D eigenvalue weighted by Crippen LogP contribution is -2.46. The molecule has 1 heterocycles. The Morgan fingerprint density at radius 2 is 2.14 bits per heavy atom. The van der Waals surface area contributed by atoms with Crippen molar-refractivity contribution < 1.29 is 4.74 Å². The van der Waals surface area contributed by atoms with E-state index in [9.17, 15) is 0 Å². The largest absolute Gasteiger partial charge is 0.380 e. The zero-order chi connectivity index (χ0) is 14.8. The van der Waals surface area contributed by atoms with Crippen molar-refractivity contribution in [1.29, 1.82) is 0 Å². The Hall–Kier alpha value is -1.16. The van der Waals surface area contributed by atoms with Crippen molar-refractivity contribution in [2.45, 2.75) is 31.8 Å². The third kappa shape index (κ3) is 6.42. The molecule has 1 fully saturated rings. The zero-order valence-electron chi connectivity index (χ0n) is 13.0. The molecule has 2 rings (SSSR count). The molecule has 1 atom stereocenters. The molecule has 0 amide bonds. The van der Waals surface area contributed by atoms with Crippen molar-refractivity contribution in [3.05, 3.63) is 48.6 Å². The van der Waals surface area contributed by atoms with E-state index in [-0.39, 0.29) is 0 Å². The molecule has 1 aromatic carbocycles. The fraction of sp³-hybridized carbons (Fsp3) is 0.556. The summed E-state index contributed by atoms with van der Waals surface area (Å²) in [5, 5.41) is 3.62. The monoisotopic (exact) mass is 288 g/mol. The number of nitrogens with zero attached hydrogens (tertiary/aromatic N) is 1. The lowest BCUT2D eigenvalue weighted by atomic mass is 10.0. The zero-order valence-corrected chi connectivity index (χ0v) is 13.0. The van der Waals surface area contributed by atoms with Gasteiger partial charge in [0, 0.05) is 25.7 Å². The molecule has 116 valence electrons. The number of hydrogen-bond acceptors (Lipinski definition) is 3. The van der Waals surface area contributed by atoms with Crippen LogP contribution in [-0.4, -0.2) is 43.8 Å². The molecule has 21 heavy (non-hydrogen) atoms. The van der Waals surface area contributed by atoms with Gasteiger partial charge in [0.1, 0.15) is 0 Å². The predicted octanol–water partition coefficient (Wildman–Crippen LogP) is 2.83. The molecule has 3 heteroatoms. The fourth-order valence-corrected chi connectivity index (χ4v) is 2.81. The van der Waals surface area contributed by atoms with Crippen molar-refractivity contribution in [2.24, 2.45) is 0 Å². The summed E-state index contributed by atoms with van der Waals surface area (Å²) < 4.78 is 5.54. The van der Waals surface area contributed by atoms with Crippen LogP contribution < -0.4 is 5.32 Å². The van der Waals surface area contributed by atoms with Gasteiger partial charge in [0.15, 0.2) is 0 Å². The molecule has 1 unspecified atom stereocenters. The van der Waals surface area contributed by atoms with E-state index in [2.05, 4.69) is 47.1 Å². The highest BCUT2D eigenvalue weighted by molar-refractivity contribution is 5.14. The maximum atomic E-state index is 5.54. The summed E-state index contributed by atoms with van der Waals surface area (Å²) in [4.78, 5) is 2.55. The van der Waals surface area contributed by atoms with Gasteiger partial charge >= 0.3 is 0 Å². The molecule has 0 bridgehead atoms. The van der Waals surface area contributed by atoms with Gasteiger partial charge in [0.2, 0.25) is 0 Å². The van der Waals surface area contributed by atoms with Crippen LogP contribution in [0.2, 0.25) is 0 Å². The minimum absolute atomic E-state index is 0.602. The molecule has 1 saturated heterocycles. The molecule has 1 aliphatic rings. The second-order valence-corrected chi connectivity index (χ2v) is 5.70. The fourth-order valence-electron chi connectivity index (χ4n) is 2.81. The van der Waals surface area contributed by atoms with Crippen LogP contribution >= 0.6 is 0 Å². The highest BCUT2D eigenvalue weighted by atomic mass is 16.5. The van der Waals surface area contributed by atoms with E-state index in [0.717, 1.165) is 39.3 Å². The van der Waals surface area contributed by atoms with Gasteiger partial charge in [-0.2, -0.15) is 0 Å². The van der Waals surface area contributed by atoms with Gasteiger partial charge in [-0.05, 0) is 31.4 Å². The molecule has 1 aromatic rings. The van der Waals surface area contributed by atoms with E-state index in [0.29, 0.717) is 6.04 Å². The third-order valence-corrected chi connectivity index (χ3v) is 3.90. The highest BCUT2D eigenvalue weighted by Crippen LogP contribution is 2.13. The van der Waals surface area contributed by atoms with Crippen LogP contribution in [0.4, 0.5) is 0 Å². The first-order chi connectivity index (χ1) is 10.4. The van der Waals surface area contributed by atoms with Gasteiger partial charge in [0.25, 0.3) is 0 Å². The van der Waals surface area contributed by atoms with Gasteiger partial charge in [-0.1, -0.05) is 36.4 Å². The van der Waals surface area contributed by atoms with Gasteiger partial charge in [-0.3, -0.25) is 4.90 Å². The van der Waals surface area contributed by atoms with Crippen LogP contribution in [0.15, 0.2) is 43.0 Å². The standard InChI is InChI=1S/C18H28N2O/c1-2-3-13-21-14-11-19-18-10-7-12-20(16-18)15-17-8-5-4-6-9-17/h2,4-6,8-9,18-19H,1,3,7,10-16H2. The van der Waals surface area contributed by atoms with Crippen molar-refractivity contribution in [1.82, 2.24) is 10.2 Å². The number of rotatable bonds is 9. The molecule has 3 nitrogen and oxygen atoms in total. The van der Waals surface area contributed by atoms with E-state index in [1.54, 1.807) is 0 Å². The van der Waals surface area contributed by atoms with Crippen LogP contribution in [0.1, 0.15) is 24.8 Å². The highest BCUT2D eigenvalue weighted by Gasteiger charge is 2.19. The van der Waals surface area contributed by atoms with Crippen molar-refractivity contribution in [3.8, 4) is 0 Å². The third-order valence-electron chi connectivity index (χ3n) is 3.90. The Morgan fingerprint density at radius 3 is 2.95 bits per heavy atom. The maximum absolute atomic E-state index is 5.54. The Bertz CT molecular complexity index is 393. The number of hydrogen-bond donors (Lipinski definition) is 1. The molecule has 0 radical (unpaired) electrons. The van der Waals surface area contributed by atoms with E-state index < -0.39 is 0 Å². The molecule has 0 saturated carbocycles. The first-order valence-corrected chi connectivity index (χ1v) is 8.07.